The summed E-state index contributed by atoms with van der Waals surface area (Å²) in [5.41, 5.74) is 0. The monoisotopic (exact) mass is 274 g/mol. The lowest BCUT2D eigenvalue weighted by Crippen LogP contribution is -2.27. The van der Waals surface area contributed by atoms with Crippen LogP contribution in [-0.4, -0.2) is 26.3 Å². The molecule has 3 heteroatoms. The van der Waals surface area contributed by atoms with E-state index in [0.717, 1.165) is 19.3 Å². The summed E-state index contributed by atoms with van der Waals surface area (Å²) in [5.74, 6) is 1.63. The van der Waals surface area contributed by atoms with Crippen LogP contribution >= 0.6 is 0 Å². The Labute approximate surface area is 120 Å². The van der Waals surface area contributed by atoms with Crippen molar-refractivity contribution >= 4 is 0 Å². The van der Waals surface area contributed by atoms with Crippen LogP contribution in [0.15, 0.2) is 0 Å². The van der Waals surface area contributed by atoms with Gasteiger partial charge in [0.2, 0.25) is 0 Å². The van der Waals surface area contributed by atoms with Crippen molar-refractivity contribution in [2.75, 3.05) is 19.8 Å². The van der Waals surface area contributed by atoms with Crippen LogP contribution in [0, 0.1) is 17.8 Å². The molecule has 0 spiro atoms. The second-order valence-corrected chi connectivity index (χ2v) is 5.83. The normalized spacial score (nSPS) is 16.6. The van der Waals surface area contributed by atoms with Crippen molar-refractivity contribution in [1.29, 1.82) is 0 Å². The van der Waals surface area contributed by atoms with Gasteiger partial charge in [-0.1, -0.05) is 60.8 Å². The molecule has 0 aliphatic rings. The van der Waals surface area contributed by atoms with E-state index in [0.29, 0.717) is 37.6 Å². The second kappa shape index (κ2) is 11.7. The summed E-state index contributed by atoms with van der Waals surface area (Å²) in [6.45, 7) is 14.6. The van der Waals surface area contributed by atoms with E-state index in [1.807, 2.05) is 0 Å². The van der Waals surface area contributed by atoms with E-state index in [1.165, 1.54) is 0 Å². The highest BCUT2D eigenvalue weighted by molar-refractivity contribution is 4.50. The topological polar surface area (TPSA) is 27.7 Å². The summed E-state index contributed by atoms with van der Waals surface area (Å²) in [6.07, 6.45) is 3.34. The summed E-state index contributed by atoms with van der Waals surface area (Å²) in [5, 5.41) is 0. The van der Waals surface area contributed by atoms with Crippen LogP contribution in [0.2, 0.25) is 0 Å². The van der Waals surface area contributed by atoms with E-state index in [9.17, 15) is 0 Å². The first-order chi connectivity index (χ1) is 9.03. The van der Waals surface area contributed by atoms with Gasteiger partial charge in [-0.15, -0.1) is 0 Å². The van der Waals surface area contributed by atoms with Gasteiger partial charge in [0.1, 0.15) is 0 Å². The van der Waals surface area contributed by atoms with Crippen molar-refractivity contribution in [1.82, 2.24) is 0 Å². The lowest BCUT2D eigenvalue weighted by molar-refractivity contribution is -0.297. The van der Waals surface area contributed by atoms with Crippen LogP contribution in [0.5, 0.6) is 0 Å². The van der Waals surface area contributed by atoms with Gasteiger partial charge >= 0.3 is 0 Å². The maximum Gasteiger partial charge on any atom is 0.271 e. The first-order valence-electron chi connectivity index (χ1n) is 7.88. The van der Waals surface area contributed by atoms with Crippen molar-refractivity contribution in [3.05, 3.63) is 0 Å². The van der Waals surface area contributed by atoms with Gasteiger partial charge in [-0.3, -0.25) is 0 Å². The van der Waals surface area contributed by atoms with Crippen molar-refractivity contribution < 1.29 is 14.2 Å². The van der Waals surface area contributed by atoms with E-state index in [2.05, 4.69) is 41.5 Å². The van der Waals surface area contributed by atoms with Crippen LogP contribution in [0.4, 0.5) is 0 Å². The summed E-state index contributed by atoms with van der Waals surface area (Å²) >= 11 is 0. The van der Waals surface area contributed by atoms with E-state index in [1.54, 1.807) is 0 Å². The minimum atomic E-state index is -0.503. The fourth-order valence-electron chi connectivity index (χ4n) is 1.23. The molecule has 0 rings (SSSR count). The van der Waals surface area contributed by atoms with E-state index in [-0.39, 0.29) is 0 Å². The molecule has 0 aromatic heterocycles. The summed E-state index contributed by atoms with van der Waals surface area (Å²) in [7, 11) is 0. The molecule has 0 amide bonds. The fraction of sp³-hybridized carbons (Fsp3) is 1.00. The van der Waals surface area contributed by atoms with Crippen molar-refractivity contribution in [2.45, 2.75) is 67.3 Å². The average Bonchev–Trinajstić information content (AvgIpc) is 2.44. The third kappa shape index (κ3) is 10.3. The van der Waals surface area contributed by atoms with Crippen molar-refractivity contribution in [3.63, 3.8) is 0 Å². The van der Waals surface area contributed by atoms with Gasteiger partial charge in [0.05, 0.1) is 19.8 Å². The lowest BCUT2D eigenvalue weighted by atomic mass is 10.1. The first kappa shape index (κ1) is 18.9. The molecular weight excluding hydrogens is 240 g/mol. The molecule has 0 unspecified atom stereocenters. The van der Waals surface area contributed by atoms with Gasteiger partial charge in [0, 0.05) is 0 Å². The second-order valence-electron chi connectivity index (χ2n) is 5.83. The lowest BCUT2D eigenvalue weighted by Gasteiger charge is -2.23. The third-order valence-corrected chi connectivity index (χ3v) is 3.64. The van der Waals surface area contributed by atoms with E-state index < -0.39 is 6.48 Å². The van der Waals surface area contributed by atoms with Crippen molar-refractivity contribution in [2.24, 2.45) is 17.8 Å². The maximum atomic E-state index is 5.74. The molecule has 3 nitrogen and oxygen atoms in total. The zero-order chi connectivity index (χ0) is 14.7. The number of rotatable bonds is 12. The molecule has 0 aromatic carbocycles. The van der Waals surface area contributed by atoms with Crippen LogP contribution in [0.25, 0.3) is 0 Å². The smallest absolute Gasteiger partial charge is 0.271 e. The number of ether oxygens (including phenoxy) is 3. The molecule has 19 heavy (non-hydrogen) atoms. The average molecular weight is 274 g/mol. The van der Waals surface area contributed by atoms with Crippen LogP contribution in [0.3, 0.4) is 0 Å². The zero-order valence-corrected chi connectivity index (χ0v) is 13.8. The maximum absolute atomic E-state index is 5.74. The molecular formula is C16H34O3. The fourth-order valence-corrected chi connectivity index (χ4v) is 1.23. The molecule has 0 saturated carbocycles. The van der Waals surface area contributed by atoms with E-state index in [4.69, 9.17) is 14.2 Å². The summed E-state index contributed by atoms with van der Waals surface area (Å²) in [6, 6.07) is 0. The predicted molar refractivity (Wildman–Crippen MR) is 80.0 cm³/mol. The Morgan fingerprint density at radius 3 is 1.05 bits per heavy atom. The van der Waals surface area contributed by atoms with Gasteiger partial charge in [-0.25, -0.2) is 0 Å². The van der Waals surface area contributed by atoms with E-state index >= 15 is 0 Å². The van der Waals surface area contributed by atoms with Gasteiger partial charge in [0.25, 0.3) is 6.48 Å². The SMILES string of the molecule is CC[C@H](C)COC(OC[C@@H](C)CC)OC[C@@H](C)CC. The highest BCUT2D eigenvalue weighted by Gasteiger charge is 2.14. The first-order valence-corrected chi connectivity index (χ1v) is 7.88. The van der Waals surface area contributed by atoms with Gasteiger partial charge < -0.3 is 14.2 Å². The highest BCUT2D eigenvalue weighted by Crippen LogP contribution is 2.11. The van der Waals surface area contributed by atoms with Crippen molar-refractivity contribution in [3.8, 4) is 0 Å². The molecule has 0 N–H and O–H groups in total. The minimum absolute atomic E-state index is 0.503. The predicted octanol–water partition coefficient (Wildman–Crippen LogP) is 4.46. The molecule has 0 aliphatic heterocycles. The Hall–Kier alpha value is -0.120. The zero-order valence-electron chi connectivity index (χ0n) is 13.8. The summed E-state index contributed by atoms with van der Waals surface area (Å²) in [4.78, 5) is 0. The quantitative estimate of drug-likeness (QED) is 0.492. The molecule has 116 valence electrons. The Kier molecular flexibility index (Phi) is 11.6. The number of hydrogen-bond acceptors (Lipinski definition) is 3. The molecule has 3 atom stereocenters. The standard InChI is InChI=1S/C16H34O3/c1-7-13(4)10-17-16(18-11-14(5)8-2)19-12-15(6)9-3/h13-16H,7-12H2,1-6H3/t13-,14-,15-/m0/s1. The molecule has 0 fully saturated rings. The minimum Gasteiger partial charge on any atom is -0.330 e. The van der Waals surface area contributed by atoms with Gasteiger partial charge in [-0.05, 0) is 17.8 Å². The van der Waals surface area contributed by atoms with Gasteiger partial charge in [-0.2, -0.15) is 0 Å². The Bertz CT molecular complexity index is 163. The van der Waals surface area contributed by atoms with Crippen LogP contribution in [0.1, 0.15) is 60.8 Å². The largest absolute Gasteiger partial charge is 0.330 e. The Balaban J connectivity index is 4.06. The molecule has 0 radical (unpaired) electrons. The number of hydrogen-bond donors (Lipinski definition) is 0. The molecule has 0 bridgehead atoms. The Morgan fingerprint density at radius 2 is 0.842 bits per heavy atom. The van der Waals surface area contributed by atoms with Gasteiger partial charge in [0.15, 0.2) is 0 Å². The molecule has 0 saturated heterocycles. The molecule has 0 heterocycles. The molecule has 0 aromatic rings. The third-order valence-electron chi connectivity index (χ3n) is 3.64. The Morgan fingerprint density at radius 1 is 0.579 bits per heavy atom. The van der Waals surface area contributed by atoms with Crippen LogP contribution < -0.4 is 0 Å². The summed E-state index contributed by atoms with van der Waals surface area (Å²) < 4.78 is 17.2. The highest BCUT2D eigenvalue weighted by atomic mass is 16.8. The van der Waals surface area contributed by atoms with Crippen LogP contribution in [-0.2, 0) is 14.2 Å². The molecule has 0 aliphatic carbocycles.